The molecular weight excluding hydrogens is 332 g/mol. The number of benzene rings is 1. The summed E-state index contributed by atoms with van der Waals surface area (Å²) in [6.45, 7) is 6.27. The molecule has 2 aromatic rings. The van der Waals surface area contributed by atoms with Gasteiger partial charge in [-0.1, -0.05) is 32.0 Å². The second-order valence-corrected chi connectivity index (χ2v) is 7.69. The zero-order valence-corrected chi connectivity index (χ0v) is 14.9. The fraction of sp³-hybridized carbons (Fsp3) is 0.412. The third-order valence-electron chi connectivity index (χ3n) is 3.43. The zero-order chi connectivity index (χ0) is 17.9. The summed E-state index contributed by atoms with van der Waals surface area (Å²) < 4.78 is 27.3. The number of nitrogens with one attached hydrogen (secondary N) is 1. The number of alkyl halides is 2. The topological polar surface area (TPSA) is 46.9 Å². The van der Waals surface area contributed by atoms with Crippen molar-refractivity contribution >= 4 is 23.4 Å². The lowest BCUT2D eigenvalue weighted by Crippen LogP contribution is -2.15. The first kappa shape index (κ1) is 18.4. The molecule has 0 bridgehead atoms. The normalized spacial score (nSPS) is 12.7. The number of aryl methyl sites for hydroxylation is 1. The Morgan fingerprint density at radius 2 is 1.92 bits per heavy atom. The van der Waals surface area contributed by atoms with Crippen LogP contribution in [0.5, 0.6) is 0 Å². The van der Waals surface area contributed by atoms with Gasteiger partial charge in [0.2, 0.25) is 0 Å². The molecule has 1 atom stereocenters. The Bertz CT molecular complexity index is 716. The third-order valence-corrected chi connectivity index (χ3v) is 4.64. The average Bonchev–Trinajstić information content (AvgIpc) is 2.89. The van der Waals surface area contributed by atoms with Gasteiger partial charge in [-0.05, 0) is 23.8 Å². The van der Waals surface area contributed by atoms with Crippen molar-refractivity contribution in [1.29, 1.82) is 0 Å². The molecule has 0 aliphatic heterocycles. The van der Waals surface area contributed by atoms with Crippen LogP contribution in [0, 0.1) is 0 Å². The van der Waals surface area contributed by atoms with Crippen LogP contribution >= 0.6 is 11.8 Å². The molecule has 0 saturated carbocycles. The van der Waals surface area contributed by atoms with Gasteiger partial charge in [-0.15, -0.1) is 0 Å². The first-order chi connectivity index (χ1) is 11.3. The molecule has 1 aromatic heterocycles. The number of amides is 1. The van der Waals surface area contributed by atoms with Gasteiger partial charge in [0.05, 0.1) is 5.56 Å². The summed E-state index contributed by atoms with van der Waals surface area (Å²) in [6.07, 6.45) is -1.48. The number of nitrogens with zero attached hydrogens (tertiary/aromatic N) is 2. The third kappa shape index (κ3) is 4.35. The van der Waals surface area contributed by atoms with Crippen LogP contribution in [0.2, 0.25) is 0 Å². The van der Waals surface area contributed by atoms with Crippen LogP contribution in [0.4, 0.5) is 14.5 Å². The molecule has 24 heavy (non-hydrogen) atoms. The molecule has 0 radical (unpaired) electrons. The van der Waals surface area contributed by atoms with E-state index in [9.17, 15) is 13.6 Å². The number of carbonyl (C=O) groups excluding carboxylic acids is 1. The van der Waals surface area contributed by atoms with Gasteiger partial charge in [0.25, 0.3) is 12.3 Å². The summed E-state index contributed by atoms with van der Waals surface area (Å²) in [4.78, 5) is 12.4. The van der Waals surface area contributed by atoms with Crippen molar-refractivity contribution in [2.75, 3.05) is 5.32 Å². The van der Waals surface area contributed by atoms with Gasteiger partial charge < -0.3 is 5.32 Å². The Kier molecular flexibility index (Phi) is 5.99. The monoisotopic (exact) mass is 353 g/mol. The van der Waals surface area contributed by atoms with Crippen LogP contribution in [-0.2, 0) is 7.05 Å². The van der Waals surface area contributed by atoms with Gasteiger partial charge in [0.1, 0.15) is 5.69 Å². The first-order valence-corrected chi connectivity index (χ1v) is 8.61. The van der Waals surface area contributed by atoms with Gasteiger partial charge in [0.15, 0.2) is 0 Å². The van der Waals surface area contributed by atoms with Crippen LogP contribution in [0.25, 0.3) is 0 Å². The summed E-state index contributed by atoms with van der Waals surface area (Å²) in [5.74, 6) is -0.576. The lowest BCUT2D eigenvalue weighted by molar-refractivity contribution is 0.101. The van der Waals surface area contributed by atoms with E-state index in [2.05, 4.69) is 31.2 Å². The first-order valence-electron chi connectivity index (χ1n) is 7.67. The predicted molar refractivity (Wildman–Crippen MR) is 93.7 cm³/mol. The lowest BCUT2D eigenvalue weighted by Gasteiger charge is -2.18. The van der Waals surface area contributed by atoms with Crippen LogP contribution in [0.15, 0.2) is 30.5 Å². The maximum Gasteiger partial charge on any atom is 0.282 e. The van der Waals surface area contributed by atoms with Crippen LogP contribution < -0.4 is 5.32 Å². The van der Waals surface area contributed by atoms with Crippen molar-refractivity contribution in [3.63, 3.8) is 0 Å². The number of anilines is 1. The summed E-state index contributed by atoms with van der Waals surface area (Å²) >= 11 is 1.77. The van der Waals surface area contributed by atoms with E-state index in [0.717, 1.165) is 5.56 Å². The highest BCUT2D eigenvalue weighted by atomic mass is 32.2. The van der Waals surface area contributed by atoms with Crippen molar-refractivity contribution in [3.8, 4) is 0 Å². The van der Waals surface area contributed by atoms with Crippen molar-refractivity contribution in [3.05, 3.63) is 47.3 Å². The van der Waals surface area contributed by atoms with E-state index in [1.54, 1.807) is 17.8 Å². The Morgan fingerprint density at radius 1 is 1.25 bits per heavy atom. The number of para-hydroxylation sites is 1. The number of halogens is 2. The molecule has 7 heteroatoms. The van der Waals surface area contributed by atoms with Crippen LogP contribution in [-0.4, -0.2) is 20.9 Å². The van der Waals surface area contributed by atoms with Crippen molar-refractivity contribution in [2.24, 2.45) is 7.05 Å². The lowest BCUT2D eigenvalue weighted by atomic mass is 10.1. The Morgan fingerprint density at radius 3 is 2.54 bits per heavy atom. The number of carbonyl (C=O) groups is 1. The maximum absolute atomic E-state index is 13.0. The number of hydrogen-bond donors (Lipinski definition) is 1. The second kappa shape index (κ2) is 7.79. The minimum Gasteiger partial charge on any atom is -0.322 e. The highest BCUT2D eigenvalue weighted by Gasteiger charge is 2.23. The molecule has 4 nitrogen and oxygen atoms in total. The summed E-state index contributed by atoms with van der Waals surface area (Å²) in [5.41, 5.74) is 0.989. The van der Waals surface area contributed by atoms with Gasteiger partial charge in [-0.2, -0.15) is 16.9 Å². The van der Waals surface area contributed by atoms with Crippen molar-refractivity contribution < 1.29 is 13.6 Å². The minimum absolute atomic E-state index is 0.105. The molecule has 1 unspecified atom stereocenters. The average molecular weight is 353 g/mol. The highest BCUT2D eigenvalue weighted by molar-refractivity contribution is 8.00. The molecule has 0 fully saturated rings. The molecule has 1 heterocycles. The highest BCUT2D eigenvalue weighted by Crippen LogP contribution is 2.35. The molecule has 130 valence electrons. The van der Waals surface area contributed by atoms with Crippen molar-refractivity contribution in [1.82, 2.24) is 9.78 Å². The molecule has 0 aliphatic rings. The molecule has 1 amide bonds. The van der Waals surface area contributed by atoms with E-state index in [1.807, 2.05) is 18.2 Å². The Balaban J connectivity index is 2.27. The zero-order valence-electron chi connectivity index (χ0n) is 14.1. The summed E-state index contributed by atoms with van der Waals surface area (Å²) in [7, 11) is 1.51. The van der Waals surface area contributed by atoms with E-state index in [0.29, 0.717) is 10.9 Å². The van der Waals surface area contributed by atoms with Gasteiger partial charge >= 0.3 is 0 Å². The molecule has 0 aliphatic carbocycles. The number of rotatable bonds is 6. The van der Waals surface area contributed by atoms with E-state index in [1.165, 1.54) is 17.9 Å². The largest absolute Gasteiger partial charge is 0.322 e. The van der Waals surface area contributed by atoms with E-state index >= 15 is 0 Å². The summed E-state index contributed by atoms with van der Waals surface area (Å²) in [5, 5.41) is 7.03. The smallest absolute Gasteiger partial charge is 0.282 e. The molecule has 0 saturated heterocycles. The SMILES string of the molecule is CC(C)SC(C)c1ccccc1NC(=O)c1cn(C)nc1C(F)F. The molecule has 2 rings (SSSR count). The fourth-order valence-corrected chi connectivity index (χ4v) is 3.65. The van der Waals surface area contributed by atoms with Gasteiger partial charge in [-0.3, -0.25) is 9.48 Å². The predicted octanol–water partition coefficient (Wildman–Crippen LogP) is 4.81. The minimum atomic E-state index is -2.79. The van der Waals surface area contributed by atoms with Crippen molar-refractivity contribution in [2.45, 2.75) is 37.7 Å². The standard InChI is InChI=1S/C17H21F2N3OS/c1-10(2)24-11(3)12-7-5-6-8-14(12)20-17(23)13-9-22(4)21-15(13)16(18)19/h5-11,16H,1-4H3,(H,20,23). The van der Waals surface area contributed by atoms with Crippen LogP contribution in [0.1, 0.15) is 54.1 Å². The van der Waals surface area contributed by atoms with Gasteiger partial charge in [0, 0.05) is 24.2 Å². The van der Waals surface area contributed by atoms with E-state index in [4.69, 9.17) is 0 Å². The van der Waals surface area contributed by atoms with E-state index < -0.39 is 18.0 Å². The van der Waals surface area contributed by atoms with Gasteiger partial charge in [-0.25, -0.2) is 8.78 Å². The number of thioether (sulfide) groups is 1. The molecule has 1 aromatic carbocycles. The maximum atomic E-state index is 13.0. The Hall–Kier alpha value is -1.89. The quantitative estimate of drug-likeness (QED) is 0.810. The molecular formula is C17H21F2N3OS. The number of hydrogen-bond acceptors (Lipinski definition) is 3. The Labute approximate surface area is 144 Å². The van der Waals surface area contributed by atoms with Crippen LogP contribution in [0.3, 0.4) is 0 Å². The summed E-state index contributed by atoms with van der Waals surface area (Å²) in [6, 6.07) is 7.43. The van der Waals surface area contributed by atoms with E-state index in [-0.39, 0.29) is 10.8 Å². The number of aromatic nitrogens is 2. The second-order valence-electron chi connectivity index (χ2n) is 5.77. The molecule has 1 N–H and O–H groups in total. The molecule has 0 spiro atoms. The fourth-order valence-electron chi connectivity index (χ4n) is 2.48.